The van der Waals surface area contributed by atoms with Crippen LogP contribution in [0.2, 0.25) is 0 Å². The fourth-order valence-corrected chi connectivity index (χ4v) is 3.04. The molecule has 0 N–H and O–H groups in total. The van der Waals surface area contributed by atoms with Crippen molar-refractivity contribution in [1.82, 2.24) is 0 Å². The normalized spacial score (nSPS) is 13.3. The summed E-state index contributed by atoms with van der Waals surface area (Å²) in [5.41, 5.74) is 6.55. The van der Waals surface area contributed by atoms with Crippen molar-refractivity contribution >= 4 is 11.1 Å². The first-order valence-corrected chi connectivity index (χ1v) is 8.86. The summed E-state index contributed by atoms with van der Waals surface area (Å²) in [4.78, 5) is 0. The Morgan fingerprint density at radius 1 is 0.667 bits per heavy atom. The second kappa shape index (κ2) is 8.41. The highest BCUT2D eigenvalue weighted by Gasteiger charge is 2.13. The number of rotatable bonds is 6. The summed E-state index contributed by atoms with van der Waals surface area (Å²) >= 11 is 0. The molecule has 2 aromatic carbocycles. The van der Waals surface area contributed by atoms with Crippen molar-refractivity contribution < 1.29 is 9.47 Å². The SMILES string of the molecule is C=C(C1=CC=CC=C(C(=C)c2ccc(OC)cc2)C1)c1ccc(OC)cc1. The van der Waals surface area contributed by atoms with E-state index in [4.69, 9.17) is 9.47 Å². The topological polar surface area (TPSA) is 18.5 Å². The van der Waals surface area contributed by atoms with E-state index in [2.05, 4.69) is 37.5 Å². The Bertz CT molecular complexity index is 846. The minimum Gasteiger partial charge on any atom is -0.497 e. The predicted octanol–water partition coefficient (Wildman–Crippen LogP) is 6.24. The predicted molar refractivity (Wildman–Crippen MR) is 114 cm³/mol. The summed E-state index contributed by atoms with van der Waals surface area (Å²) < 4.78 is 10.5. The standard InChI is InChI=1S/C25H24O2/c1-18(20-9-13-24(26-3)14-10-20)22-7-5-6-8-23(17-22)19(2)21-11-15-25(27-4)16-12-21/h5-16H,1-2,17H2,3-4H3. The molecule has 2 nitrogen and oxygen atoms in total. The monoisotopic (exact) mass is 356 g/mol. The molecule has 0 aromatic heterocycles. The Labute approximate surface area is 161 Å². The molecule has 0 saturated heterocycles. The molecule has 0 spiro atoms. The van der Waals surface area contributed by atoms with Crippen LogP contribution in [-0.2, 0) is 0 Å². The van der Waals surface area contributed by atoms with Crippen molar-refractivity contribution in [3.05, 3.63) is 108 Å². The maximum Gasteiger partial charge on any atom is 0.118 e. The van der Waals surface area contributed by atoms with Gasteiger partial charge in [-0.15, -0.1) is 0 Å². The number of allylic oxidation sites excluding steroid dienone is 8. The molecule has 0 radical (unpaired) electrons. The molecular weight excluding hydrogens is 332 g/mol. The first kappa shape index (κ1) is 18.5. The molecule has 0 unspecified atom stereocenters. The molecule has 27 heavy (non-hydrogen) atoms. The summed E-state index contributed by atoms with van der Waals surface area (Å²) in [6, 6.07) is 16.0. The third-order valence-corrected chi connectivity index (χ3v) is 4.74. The molecule has 0 bridgehead atoms. The third-order valence-electron chi connectivity index (χ3n) is 4.74. The van der Waals surface area contributed by atoms with Gasteiger partial charge in [-0.25, -0.2) is 0 Å². The van der Waals surface area contributed by atoms with Crippen LogP contribution in [0.5, 0.6) is 11.5 Å². The van der Waals surface area contributed by atoms with Gasteiger partial charge in [-0.3, -0.25) is 0 Å². The summed E-state index contributed by atoms with van der Waals surface area (Å²) in [5, 5.41) is 0. The lowest BCUT2D eigenvalue weighted by atomic mass is 9.89. The second-order valence-corrected chi connectivity index (χ2v) is 6.36. The summed E-state index contributed by atoms with van der Waals surface area (Å²) in [5.74, 6) is 1.68. The lowest BCUT2D eigenvalue weighted by Gasteiger charge is -2.15. The minimum absolute atomic E-state index is 0.780. The van der Waals surface area contributed by atoms with Crippen molar-refractivity contribution in [2.24, 2.45) is 0 Å². The van der Waals surface area contributed by atoms with Crippen LogP contribution < -0.4 is 9.47 Å². The molecule has 2 heteroatoms. The molecule has 0 heterocycles. The van der Waals surface area contributed by atoms with Gasteiger partial charge in [-0.05, 0) is 64.1 Å². The quantitative estimate of drug-likeness (QED) is 0.609. The maximum absolute atomic E-state index is 5.24. The van der Waals surface area contributed by atoms with E-state index in [1.54, 1.807) is 14.2 Å². The van der Waals surface area contributed by atoms with Crippen LogP contribution in [0.25, 0.3) is 11.1 Å². The lowest BCUT2D eigenvalue weighted by Crippen LogP contribution is -1.95. The van der Waals surface area contributed by atoms with Gasteiger partial charge in [-0.2, -0.15) is 0 Å². The van der Waals surface area contributed by atoms with Crippen molar-refractivity contribution in [3.8, 4) is 11.5 Å². The molecular formula is C25H24O2. The van der Waals surface area contributed by atoms with E-state index in [9.17, 15) is 0 Å². The molecule has 0 fully saturated rings. The zero-order valence-electron chi connectivity index (χ0n) is 15.9. The molecule has 0 amide bonds. The second-order valence-electron chi connectivity index (χ2n) is 6.36. The van der Waals surface area contributed by atoms with Gasteiger partial charge in [0.25, 0.3) is 0 Å². The summed E-state index contributed by atoms with van der Waals surface area (Å²) in [7, 11) is 3.34. The van der Waals surface area contributed by atoms with E-state index in [0.717, 1.165) is 40.2 Å². The number of hydrogen-bond donors (Lipinski definition) is 0. The molecule has 3 rings (SSSR count). The Morgan fingerprint density at radius 3 is 1.37 bits per heavy atom. The van der Waals surface area contributed by atoms with Crippen molar-refractivity contribution in [3.63, 3.8) is 0 Å². The number of ether oxygens (including phenoxy) is 2. The number of methoxy groups -OCH3 is 2. The molecule has 136 valence electrons. The molecule has 0 aliphatic heterocycles. The van der Waals surface area contributed by atoms with Gasteiger partial charge in [0.2, 0.25) is 0 Å². The van der Waals surface area contributed by atoms with Crippen molar-refractivity contribution in [2.75, 3.05) is 14.2 Å². The van der Waals surface area contributed by atoms with E-state index in [-0.39, 0.29) is 0 Å². The third kappa shape index (κ3) is 4.29. The smallest absolute Gasteiger partial charge is 0.118 e. The first-order chi connectivity index (χ1) is 13.1. The Balaban J connectivity index is 1.80. The molecule has 1 aliphatic carbocycles. The highest BCUT2D eigenvalue weighted by atomic mass is 16.5. The highest BCUT2D eigenvalue weighted by molar-refractivity contribution is 5.84. The Morgan fingerprint density at radius 2 is 1.04 bits per heavy atom. The number of benzene rings is 2. The van der Waals surface area contributed by atoms with Gasteiger partial charge >= 0.3 is 0 Å². The molecule has 2 aromatic rings. The van der Waals surface area contributed by atoms with Crippen LogP contribution in [0, 0.1) is 0 Å². The Kier molecular flexibility index (Phi) is 5.77. The van der Waals surface area contributed by atoms with Gasteiger partial charge < -0.3 is 9.47 Å². The molecule has 0 atom stereocenters. The van der Waals surface area contributed by atoms with Crippen LogP contribution in [0.1, 0.15) is 17.5 Å². The van der Waals surface area contributed by atoms with Gasteiger partial charge in [0.05, 0.1) is 14.2 Å². The molecule has 0 saturated carbocycles. The fraction of sp³-hybridized carbons (Fsp3) is 0.120. The van der Waals surface area contributed by atoms with Crippen LogP contribution in [-0.4, -0.2) is 14.2 Å². The van der Waals surface area contributed by atoms with Gasteiger partial charge in [0, 0.05) is 0 Å². The van der Waals surface area contributed by atoms with Crippen molar-refractivity contribution in [2.45, 2.75) is 6.42 Å². The maximum atomic E-state index is 5.24. The van der Waals surface area contributed by atoms with Crippen LogP contribution in [0.3, 0.4) is 0 Å². The van der Waals surface area contributed by atoms with Gasteiger partial charge in [0.1, 0.15) is 11.5 Å². The first-order valence-electron chi connectivity index (χ1n) is 8.86. The van der Waals surface area contributed by atoms with Crippen molar-refractivity contribution in [1.29, 1.82) is 0 Å². The van der Waals surface area contributed by atoms with E-state index < -0.39 is 0 Å². The van der Waals surface area contributed by atoms with E-state index in [1.807, 2.05) is 48.5 Å². The largest absolute Gasteiger partial charge is 0.497 e. The zero-order chi connectivity index (χ0) is 19.2. The van der Waals surface area contributed by atoms with Crippen LogP contribution >= 0.6 is 0 Å². The van der Waals surface area contributed by atoms with Gasteiger partial charge in [0.15, 0.2) is 0 Å². The number of hydrogen-bond acceptors (Lipinski definition) is 2. The minimum atomic E-state index is 0.780. The van der Waals surface area contributed by atoms with Crippen LogP contribution in [0.4, 0.5) is 0 Å². The zero-order valence-corrected chi connectivity index (χ0v) is 15.9. The summed E-state index contributed by atoms with van der Waals surface area (Å²) in [6.45, 7) is 8.64. The summed E-state index contributed by atoms with van der Waals surface area (Å²) in [6.07, 6.45) is 9.13. The average molecular weight is 356 g/mol. The van der Waals surface area contributed by atoms with E-state index >= 15 is 0 Å². The van der Waals surface area contributed by atoms with Gasteiger partial charge in [-0.1, -0.05) is 61.7 Å². The lowest BCUT2D eigenvalue weighted by molar-refractivity contribution is 0.414. The highest BCUT2D eigenvalue weighted by Crippen LogP contribution is 2.34. The van der Waals surface area contributed by atoms with Crippen LogP contribution in [0.15, 0.2) is 97.1 Å². The van der Waals surface area contributed by atoms with E-state index in [0.29, 0.717) is 0 Å². The average Bonchev–Trinajstić information content (AvgIpc) is 2.99. The van der Waals surface area contributed by atoms with E-state index in [1.165, 1.54) is 11.1 Å². The molecule has 1 aliphatic rings. The fourth-order valence-electron chi connectivity index (χ4n) is 3.04. The Hall–Kier alpha value is -3.26.